The van der Waals surface area contributed by atoms with Crippen LogP contribution < -0.4 is 5.73 Å². The van der Waals surface area contributed by atoms with Crippen molar-refractivity contribution in [2.45, 2.75) is 11.3 Å². The summed E-state index contributed by atoms with van der Waals surface area (Å²) < 4.78 is 23.6. The molecule has 5 heteroatoms. The molecular weight excluding hydrogens is 236 g/mol. The number of nitrogen functional groups attached to an aromatic ring is 1. The van der Waals surface area contributed by atoms with Crippen molar-refractivity contribution in [2.24, 2.45) is 0 Å². The summed E-state index contributed by atoms with van der Waals surface area (Å²) >= 11 is 0. The average molecular weight is 248 g/mol. The van der Waals surface area contributed by atoms with Crippen molar-refractivity contribution in [1.29, 1.82) is 0 Å². The largest absolute Gasteiger partial charge is 0.397 e. The van der Waals surface area contributed by atoms with E-state index < -0.39 is 9.84 Å². The lowest BCUT2D eigenvalue weighted by atomic mass is 10.1. The third kappa shape index (κ3) is 1.63. The van der Waals surface area contributed by atoms with E-state index in [0.29, 0.717) is 17.0 Å². The zero-order chi connectivity index (χ0) is 12.0. The number of anilines is 1. The van der Waals surface area contributed by atoms with Gasteiger partial charge in [-0.1, -0.05) is 12.1 Å². The van der Waals surface area contributed by atoms with E-state index >= 15 is 0 Å². The third-order valence-corrected chi connectivity index (χ3v) is 4.85. The Hall–Kier alpha value is -1.75. The van der Waals surface area contributed by atoms with Gasteiger partial charge in [0, 0.05) is 17.6 Å². The van der Waals surface area contributed by atoms with E-state index in [1.54, 1.807) is 18.3 Å². The van der Waals surface area contributed by atoms with E-state index in [4.69, 9.17) is 5.73 Å². The Labute approximate surface area is 99.4 Å². The molecule has 88 valence electrons. The molecule has 0 fully saturated rings. The minimum absolute atomic E-state index is 0.221. The van der Waals surface area contributed by atoms with Crippen LogP contribution in [0.2, 0.25) is 0 Å². The maximum Gasteiger partial charge on any atom is 0.178 e. The third-order valence-electron chi connectivity index (χ3n) is 3.06. The Morgan fingerprint density at radius 2 is 2.06 bits per heavy atom. The van der Waals surface area contributed by atoms with Crippen molar-refractivity contribution < 1.29 is 8.42 Å². The summed E-state index contributed by atoms with van der Waals surface area (Å²) in [7, 11) is -3.07. The minimum Gasteiger partial charge on any atom is -0.397 e. The summed E-state index contributed by atoms with van der Waals surface area (Å²) in [5.74, 6) is 0.221. The van der Waals surface area contributed by atoms with Gasteiger partial charge >= 0.3 is 0 Å². The van der Waals surface area contributed by atoms with Crippen molar-refractivity contribution in [3.63, 3.8) is 0 Å². The minimum atomic E-state index is -3.07. The van der Waals surface area contributed by atoms with Crippen LogP contribution in [-0.4, -0.2) is 19.2 Å². The molecule has 0 saturated carbocycles. The molecule has 1 aromatic carbocycles. The van der Waals surface area contributed by atoms with E-state index in [-0.39, 0.29) is 5.75 Å². The summed E-state index contributed by atoms with van der Waals surface area (Å²) in [6.07, 6.45) is 2.31. The monoisotopic (exact) mass is 248 g/mol. The molecule has 0 aliphatic carbocycles. The number of nitrogens with two attached hydrogens (primary N) is 1. The van der Waals surface area contributed by atoms with Crippen molar-refractivity contribution in [1.82, 2.24) is 4.98 Å². The number of rotatable bonds is 1. The predicted molar refractivity (Wildman–Crippen MR) is 66.4 cm³/mol. The fraction of sp³-hybridized carbons (Fsp3) is 0.167. The number of aromatic nitrogens is 1. The molecular formula is C12H12N2O2S. The molecule has 1 aromatic heterocycles. The topological polar surface area (TPSA) is 76.0 Å². The fourth-order valence-corrected chi connectivity index (χ4v) is 3.73. The van der Waals surface area contributed by atoms with Gasteiger partial charge < -0.3 is 10.7 Å². The molecule has 0 bridgehead atoms. The first-order chi connectivity index (χ1) is 8.06. The van der Waals surface area contributed by atoms with Crippen LogP contribution in [0.15, 0.2) is 35.4 Å². The SMILES string of the molecule is Nc1c[nH]c(-c2ccc3c(c2)S(=O)(=O)CC3)c1. The Morgan fingerprint density at radius 3 is 2.76 bits per heavy atom. The second-order valence-corrected chi connectivity index (χ2v) is 6.32. The molecule has 2 heterocycles. The van der Waals surface area contributed by atoms with Gasteiger partial charge in [0.1, 0.15) is 0 Å². The van der Waals surface area contributed by atoms with Gasteiger partial charge in [-0.3, -0.25) is 0 Å². The van der Waals surface area contributed by atoms with Crippen LogP contribution in [0.3, 0.4) is 0 Å². The van der Waals surface area contributed by atoms with Gasteiger partial charge in [-0.2, -0.15) is 0 Å². The number of hydrogen-bond acceptors (Lipinski definition) is 3. The van der Waals surface area contributed by atoms with Crippen molar-refractivity contribution in [2.75, 3.05) is 11.5 Å². The lowest BCUT2D eigenvalue weighted by Gasteiger charge is -2.02. The van der Waals surface area contributed by atoms with Crippen molar-refractivity contribution >= 4 is 15.5 Å². The molecule has 0 amide bonds. The Bertz CT molecular complexity index is 686. The molecule has 4 nitrogen and oxygen atoms in total. The molecule has 3 rings (SSSR count). The summed E-state index contributed by atoms with van der Waals surface area (Å²) in [5.41, 5.74) is 8.88. The van der Waals surface area contributed by atoms with Crippen LogP contribution >= 0.6 is 0 Å². The summed E-state index contributed by atoms with van der Waals surface area (Å²) in [6, 6.07) is 7.32. The van der Waals surface area contributed by atoms with Gasteiger partial charge in [-0.15, -0.1) is 0 Å². The smallest absolute Gasteiger partial charge is 0.178 e. The summed E-state index contributed by atoms with van der Waals surface area (Å²) in [5, 5.41) is 0. The molecule has 1 aliphatic rings. The zero-order valence-corrected chi connectivity index (χ0v) is 9.92. The molecule has 0 radical (unpaired) electrons. The highest BCUT2D eigenvalue weighted by Crippen LogP contribution is 2.30. The molecule has 0 spiro atoms. The Kier molecular flexibility index (Phi) is 2.06. The van der Waals surface area contributed by atoms with Gasteiger partial charge in [-0.25, -0.2) is 8.42 Å². The van der Waals surface area contributed by atoms with E-state index in [1.165, 1.54) is 0 Å². The van der Waals surface area contributed by atoms with Crippen LogP contribution in [0.5, 0.6) is 0 Å². The number of aryl methyl sites for hydroxylation is 1. The average Bonchev–Trinajstić information content (AvgIpc) is 2.84. The second kappa shape index (κ2) is 3.37. The van der Waals surface area contributed by atoms with E-state index in [1.807, 2.05) is 12.1 Å². The highest BCUT2D eigenvalue weighted by Gasteiger charge is 2.26. The Balaban J connectivity index is 2.17. The highest BCUT2D eigenvalue weighted by atomic mass is 32.2. The number of aromatic amines is 1. The van der Waals surface area contributed by atoms with Gasteiger partial charge in [-0.05, 0) is 29.7 Å². The number of benzene rings is 1. The van der Waals surface area contributed by atoms with E-state index in [0.717, 1.165) is 16.8 Å². The van der Waals surface area contributed by atoms with Gasteiger partial charge in [0.05, 0.1) is 10.6 Å². The number of nitrogens with one attached hydrogen (secondary N) is 1. The quantitative estimate of drug-likeness (QED) is 0.804. The highest BCUT2D eigenvalue weighted by molar-refractivity contribution is 7.91. The van der Waals surface area contributed by atoms with Crippen molar-refractivity contribution in [3.8, 4) is 11.3 Å². The first kappa shape index (κ1) is 10.4. The van der Waals surface area contributed by atoms with Gasteiger partial charge in [0.25, 0.3) is 0 Å². The fourth-order valence-electron chi connectivity index (χ4n) is 2.15. The van der Waals surface area contributed by atoms with Crippen LogP contribution in [0, 0.1) is 0 Å². The maximum absolute atomic E-state index is 11.8. The van der Waals surface area contributed by atoms with Crippen molar-refractivity contribution in [3.05, 3.63) is 36.0 Å². The van der Waals surface area contributed by atoms with Gasteiger partial charge in [0.15, 0.2) is 9.84 Å². The number of fused-ring (bicyclic) bond motifs is 1. The number of sulfone groups is 1. The second-order valence-electron chi connectivity index (χ2n) is 4.24. The molecule has 0 unspecified atom stereocenters. The molecule has 0 saturated heterocycles. The summed E-state index contributed by atoms with van der Waals surface area (Å²) in [4.78, 5) is 3.48. The molecule has 1 aliphatic heterocycles. The molecule has 17 heavy (non-hydrogen) atoms. The molecule has 0 atom stereocenters. The standard InChI is InChI=1S/C12H12N2O2S/c13-10-6-11(14-7-10)9-2-1-8-3-4-17(15,16)12(8)5-9/h1-2,5-7,14H,3-4,13H2. The Morgan fingerprint density at radius 1 is 1.24 bits per heavy atom. The van der Waals surface area contributed by atoms with Crippen LogP contribution in [0.4, 0.5) is 5.69 Å². The van der Waals surface area contributed by atoms with Crippen LogP contribution in [0.25, 0.3) is 11.3 Å². The number of hydrogen-bond donors (Lipinski definition) is 2. The predicted octanol–water partition coefficient (Wildman–Crippen LogP) is 1.59. The van der Waals surface area contributed by atoms with Crippen LogP contribution in [-0.2, 0) is 16.3 Å². The van der Waals surface area contributed by atoms with E-state index in [9.17, 15) is 8.42 Å². The lowest BCUT2D eigenvalue weighted by molar-refractivity contribution is 0.600. The first-order valence-electron chi connectivity index (χ1n) is 5.36. The summed E-state index contributed by atoms with van der Waals surface area (Å²) in [6.45, 7) is 0. The van der Waals surface area contributed by atoms with Crippen LogP contribution in [0.1, 0.15) is 5.56 Å². The first-order valence-corrected chi connectivity index (χ1v) is 7.01. The maximum atomic E-state index is 11.8. The normalized spacial score (nSPS) is 16.9. The molecule has 3 N–H and O–H groups in total. The molecule has 2 aromatic rings. The zero-order valence-electron chi connectivity index (χ0n) is 9.10. The lowest BCUT2D eigenvalue weighted by Crippen LogP contribution is -1.98. The number of H-pyrrole nitrogens is 1. The van der Waals surface area contributed by atoms with E-state index in [2.05, 4.69) is 4.98 Å². The van der Waals surface area contributed by atoms with Gasteiger partial charge in [0.2, 0.25) is 0 Å².